The number of fused-ring (bicyclic) bond motifs is 1. The molecule has 0 aliphatic rings. The number of benzene rings is 1. The number of hydrogen-bond acceptors (Lipinski definition) is 3. The molecule has 5 nitrogen and oxygen atoms in total. The third kappa shape index (κ3) is 3.87. The fraction of sp³-hybridized carbons (Fsp3) is 0.333. The molecule has 0 unspecified atom stereocenters. The first-order chi connectivity index (χ1) is 12.4. The Morgan fingerprint density at radius 2 is 1.96 bits per heavy atom. The summed E-state index contributed by atoms with van der Waals surface area (Å²) in [7, 11) is 0. The van der Waals surface area contributed by atoms with E-state index in [4.69, 9.17) is 5.26 Å². The van der Waals surface area contributed by atoms with Crippen LogP contribution in [0.1, 0.15) is 36.3 Å². The lowest BCUT2D eigenvalue weighted by atomic mass is 10.0. The SMILES string of the molecule is Cc1cc2cc(C#N)ccc2n1CCC(C)(C)NCC(=O)n1cccc1. The van der Waals surface area contributed by atoms with Gasteiger partial charge in [-0.05, 0) is 63.6 Å². The lowest BCUT2D eigenvalue weighted by Gasteiger charge is -2.27. The minimum atomic E-state index is -0.168. The van der Waals surface area contributed by atoms with E-state index in [2.05, 4.69) is 42.8 Å². The number of nitrogens with one attached hydrogen (secondary N) is 1. The van der Waals surface area contributed by atoms with Gasteiger partial charge in [0.1, 0.15) is 0 Å². The minimum Gasteiger partial charge on any atom is -0.345 e. The summed E-state index contributed by atoms with van der Waals surface area (Å²) in [5.41, 5.74) is 2.83. The smallest absolute Gasteiger partial charge is 0.244 e. The highest BCUT2D eigenvalue weighted by atomic mass is 16.2. The van der Waals surface area contributed by atoms with Gasteiger partial charge in [-0.25, -0.2) is 0 Å². The summed E-state index contributed by atoms with van der Waals surface area (Å²) in [5, 5.41) is 13.5. The molecule has 0 amide bonds. The molecule has 3 rings (SSSR count). The molecule has 1 N–H and O–H groups in total. The molecule has 2 aromatic heterocycles. The topological polar surface area (TPSA) is 62.8 Å². The molecule has 0 atom stereocenters. The molecule has 3 aromatic rings. The Labute approximate surface area is 153 Å². The van der Waals surface area contributed by atoms with Gasteiger partial charge in [-0.15, -0.1) is 0 Å². The van der Waals surface area contributed by atoms with E-state index in [-0.39, 0.29) is 11.4 Å². The van der Waals surface area contributed by atoms with Crippen molar-refractivity contribution in [1.82, 2.24) is 14.5 Å². The number of aryl methyl sites for hydroxylation is 2. The highest BCUT2D eigenvalue weighted by Gasteiger charge is 2.19. The Morgan fingerprint density at radius 1 is 1.23 bits per heavy atom. The van der Waals surface area contributed by atoms with Crippen LogP contribution >= 0.6 is 0 Å². The number of carbonyl (C=O) groups is 1. The standard InChI is InChI=1S/C21H24N4O/c1-16-12-18-13-17(14-22)6-7-19(18)25(16)11-8-21(2,3)23-15-20(26)24-9-4-5-10-24/h4-7,9-10,12-13,23H,8,11,15H2,1-3H3. The lowest BCUT2D eigenvalue weighted by molar-refractivity contribution is 0.0899. The first kappa shape index (κ1) is 18.0. The zero-order valence-corrected chi connectivity index (χ0v) is 15.5. The fourth-order valence-corrected chi connectivity index (χ4v) is 3.16. The minimum absolute atomic E-state index is 0.0368. The molecular weight excluding hydrogens is 324 g/mol. The third-order valence-corrected chi connectivity index (χ3v) is 4.81. The van der Waals surface area contributed by atoms with Gasteiger partial charge >= 0.3 is 0 Å². The Hall–Kier alpha value is -2.84. The molecule has 26 heavy (non-hydrogen) atoms. The Balaban J connectivity index is 1.66. The summed E-state index contributed by atoms with van der Waals surface area (Å²) < 4.78 is 3.87. The van der Waals surface area contributed by atoms with E-state index in [1.807, 2.05) is 30.3 Å². The maximum atomic E-state index is 12.1. The molecule has 0 spiro atoms. The number of rotatable bonds is 6. The molecule has 0 aliphatic heterocycles. The van der Waals surface area contributed by atoms with Crippen LogP contribution in [0.5, 0.6) is 0 Å². The third-order valence-electron chi connectivity index (χ3n) is 4.81. The molecule has 0 saturated carbocycles. The normalized spacial score (nSPS) is 11.6. The maximum Gasteiger partial charge on any atom is 0.244 e. The summed E-state index contributed by atoms with van der Waals surface area (Å²) in [6.07, 6.45) is 4.42. The van der Waals surface area contributed by atoms with Crippen molar-refractivity contribution in [3.63, 3.8) is 0 Å². The predicted molar refractivity (Wildman–Crippen MR) is 103 cm³/mol. The van der Waals surface area contributed by atoms with Gasteiger partial charge in [0.05, 0.1) is 18.2 Å². The summed E-state index contributed by atoms with van der Waals surface area (Å²) in [5.74, 6) is 0.0368. The van der Waals surface area contributed by atoms with Crippen molar-refractivity contribution in [3.05, 3.63) is 60.0 Å². The van der Waals surface area contributed by atoms with Crippen LogP contribution in [0.15, 0.2) is 48.8 Å². The van der Waals surface area contributed by atoms with E-state index in [1.54, 1.807) is 17.0 Å². The highest BCUT2D eigenvalue weighted by Crippen LogP contribution is 2.22. The van der Waals surface area contributed by atoms with Crippen molar-refractivity contribution < 1.29 is 4.79 Å². The molecule has 1 aromatic carbocycles. The van der Waals surface area contributed by atoms with E-state index < -0.39 is 0 Å². The van der Waals surface area contributed by atoms with Crippen LogP contribution in [0.2, 0.25) is 0 Å². The molecule has 2 heterocycles. The average Bonchev–Trinajstić information content (AvgIpc) is 3.25. The summed E-state index contributed by atoms with van der Waals surface area (Å²) >= 11 is 0. The van der Waals surface area contributed by atoms with E-state index in [0.29, 0.717) is 12.1 Å². The number of nitriles is 1. The largest absolute Gasteiger partial charge is 0.345 e. The van der Waals surface area contributed by atoms with E-state index in [9.17, 15) is 4.79 Å². The van der Waals surface area contributed by atoms with Crippen LogP contribution in [0.3, 0.4) is 0 Å². The van der Waals surface area contributed by atoms with Gasteiger partial charge in [0, 0.05) is 41.1 Å². The molecular formula is C21H24N4O. The van der Waals surface area contributed by atoms with Gasteiger partial charge in [-0.1, -0.05) is 0 Å². The molecule has 0 fully saturated rings. The van der Waals surface area contributed by atoms with Gasteiger partial charge in [0.15, 0.2) is 0 Å². The average molecular weight is 348 g/mol. The summed E-state index contributed by atoms with van der Waals surface area (Å²) in [6.45, 7) is 7.47. The van der Waals surface area contributed by atoms with E-state index >= 15 is 0 Å². The second-order valence-electron chi connectivity index (χ2n) is 7.29. The number of aromatic nitrogens is 2. The Bertz CT molecular complexity index is 958. The first-order valence-corrected chi connectivity index (χ1v) is 8.81. The first-order valence-electron chi connectivity index (χ1n) is 8.81. The maximum absolute atomic E-state index is 12.1. The van der Waals surface area contributed by atoms with Crippen molar-refractivity contribution in [2.24, 2.45) is 0 Å². The molecule has 0 bridgehead atoms. The van der Waals surface area contributed by atoms with Crippen LogP contribution in [0.25, 0.3) is 10.9 Å². The van der Waals surface area contributed by atoms with E-state index in [0.717, 1.165) is 23.9 Å². The van der Waals surface area contributed by atoms with Crippen LogP contribution < -0.4 is 5.32 Å². The monoisotopic (exact) mass is 348 g/mol. The second-order valence-corrected chi connectivity index (χ2v) is 7.29. The quantitative estimate of drug-likeness (QED) is 0.738. The van der Waals surface area contributed by atoms with Gasteiger partial charge in [-0.2, -0.15) is 5.26 Å². The lowest BCUT2D eigenvalue weighted by Crippen LogP contribution is -2.43. The zero-order valence-electron chi connectivity index (χ0n) is 15.5. The van der Waals surface area contributed by atoms with Crippen molar-refractivity contribution in [2.75, 3.05) is 6.54 Å². The number of carbonyl (C=O) groups excluding carboxylic acids is 1. The van der Waals surface area contributed by atoms with Crippen LogP contribution in [-0.2, 0) is 6.54 Å². The Morgan fingerprint density at radius 3 is 2.65 bits per heavy atom. The second kappa shape index (κ2) is 7.19. The van der Waals surface area contributed by atoms with Gasteiger partial charge < -0.3 is 9.88 Å². The van der Waals surface area contributed by atoms with Gasteiger partial charge in [0.25, 0.3) is 0 Å². The molecule has 0 saturated heterocycles. The summed E-state index contributed by atoms with van der Waals surface area (Å²) in [4.78, 5) is 12.1. The van der Waals surface area contributed by atoms with Crippen molar-refractivity contribution in [1.29, 1.82) is 5.26 Å². The van der Waals surface area contributed by atoms with Gasteiger partial charge in [-0.3, -0.25) is 9.36 Å². The van der Waals surface area contributed by atoms with Crippen molar-refractivity contribution in [2.45, 2.75) is 39.3 Å². The van der Waals surface area contributed by atoms with Crippen molar-refractivity contribution in [3.8, 4) is 6.07 Å². The number of nitrogens with zero attached hydrogens (tertiary/aromatic N) is 3. The molecule has 0 aliphatic carbocycles. The van der Waals surface area contributed by atoms with Crippen molar-refractivity contribution >= 4 is 16.8 Å². The Kier molecular flexibility index (Phi) is 4.97. The molecule has 0 radical (unpaired) electrons. The predicted octanol–water partition coefficient (Wildman–Crippen LogP) is 3.72. The summed E-state index contributed by atoms with van der Waals surface area (Å²) in [6, 6.07) is 13.8. The zero-order chi connectivity index (χ0) is 18.7. The van der Waals surface area contributed by atoms with Crippen LogP contribution in [-0.4, -0.2) is 27.1 Å². The molecule has 134 valence electrons. The highest BCUT2D eigenvalue weighted by molar-refractivity contribution is 5.83. The molecule has 5 heteroatoms. The number of hydrogen-bond donors (Lipinski definition) is 1. The van der Waals surface area contributed by atoms with Gasteiger partial charge in [0.2, 0.25) is 5.91 Å². The van der Waals surface area contributed by atoms with Crippen LogP contribution in [0, 0.1) is 18.3 Å². The fourth-order valence-electron chi connectivity index (χ4n) is 3.16. The van der Waals surface area contributed by atoms with Crippen LogP contribution in [0.4, 0.5) is 0 Å². The van der Waals surface area contributed by atoms with E-state index in [1.165, 1.54) is 5.69 Å².